The Hall–Kier alpha value is -1.79. The number of ether oxygens (including phenoxy) is 1. The van der Waals surface area contributed by atoms with Crippen LogP contribution in [0.2, 0.25) is 0 Å². The molecule has 3 rings (SSSR count). The van der Waals surface area contributed by atoms with Crippen LogP contribution in [0.3, 0.4) is 0 Å². The van der Waals surface area contributed by atoms with Crippen molar-refractivity contribution in [1.82, 2.24) is 20.0 Å². The highest BCUT2D eigenvalue weighted by Gasteiger charge is 2.28. The van der Waals surface area contributed by atoms with Gasteiger partial charge in [-0.2, -0.15) is 0 Å². The summed E-state index contributed by atoms with van der Waals surface area (Å²) in [4.78, 5) is 19.2. The number of piperidine rings is 1. The maximum atomic E-state index is 12.5. The van der Waals surface area contributed by atoms with E-state index in [1.54, 1.807) is 0 Å². The Morgan fingerprint density at radius 3 is 2.63 bits per heavy atom. The van der Waals surface area contributed by atoms with Crippen LogP contribution in [-0.2, 0) is 6.54 Å². The molecule has 0 spiro atoms. The molecule has 2 aliphatic rings. The van der Waals surface area contributed by atoms with Gasteiger partial charge >= 0.3 is 6.03 Å². The van der Waals surface area contributed by atoms with Crippen molar-refractivity contribution in [3.63, 3.8) is 0 Å². The minimum Gasteiger partial charge on any atom is -0.492 e. The van der Waals surface area contributed by atoms with Crippen LogP contribution in [0.1, 0.15) is 31.2 Å². The van der Waals surface area contributed by atoms with Crippen LogP contribution in [-0.4, -0.2) is 80.2 Å². The zero-order chi connectivity index (χ0) is 19.1. The first kappa shape index (κ1) is 20.0. The zero-order valence-corrected chi connectivity index (χ0v) is 16.8. The molecule has 27 heavy (non-hydrogen) atoms. The Morgan fingerprint density at radius 2 is 1.93 bits per heavy atom. The fourth-order valence-corrected chi connectivity index (χ4v) is 3.92. The Kier molecular flexibility index (Phi) is 7.35. The van der Waals surface area contributed by atoms with E-state index in [1.165, 1.54) is 25.9 Å². The Morgan fingerprint density at radius 1 is 1.19 bits per heavy atom. The first-order valence-corrected chi connectivity index (χ1v) is 10.2. The molecule has 2 saturated heterocycles. The van der Waals surface area contributed by atoms with Gasteiger partial charge in [-0.05, 0) is 70.6 Å². The molecule has 6 nitrogen and oxygen atoms in total. The second-order valence-corrected chi connectivity index (χ2v) is 7.92. The van der Waals surface area contributed by atoms with Crippen molar-refractivity contribution in [2.45, 2.75) is 38.3 Å². The van der Waals surface area contributed by atoms with E-state index < -0.39 is 0 Å². The molecular formula is C21H34N4O2. The lowest BCUT2D eigenvalue weighted by Gasteiger charge is -2.36. The van der Waals surface area contributed by atoms with Gasteiger partial charge in [-0.15, -0.1) is 0 Å². The van der Waals surface area contributed by atoms with E-state index in [9.17, 15) is 4.79 Å². The van der Waals surface area contributed by atoms with Crippen molar-refractivity contribution in [2.24, 2.45) is 0 Å². The van der Waals surface area contributed by atoms with E-state index in [2.05, 4.69) is 15.1 Å². The fourth-order valence-electron chi connectivity index (χ4n) is 3.92. The van der Waals surface area contributed by atoms with E-state index in [4.69, 9.17) is 4.74 Å². The largest absolute Gasteiger partial charge is 0.492 e. The van der Waals surface area contributed by atoms with E-state index in [-0.39, 0.29) is 6.03 Å². The number of urea groups is 1. The smallest absolute Gasteiger partial charge is 0.317 e. The summed E-state index contributed by atoms with van der Waals surface area (Å²) in [6.07, 6.45) is 4.86. The van der Waals surface area contributed by atoms with Crippen LogP contribution in [0, 0.1) is 0 Å². The first-order valence-electron chi connectivity index (χ1n) is 10.2. The summed E-state index contributed by atoms with van der Waals surface area (Å²) in [5, 5.41) is 3.06. The summed E-state index contributed by atoms with van der Waals surface area (Å²) >= 11 is 0. The maximum Gasteiger partial charge on any atom is 0.317 e. The molecule has 0 radical (unpaired) electrons. The number of nitrogens with one attached hydrogen (secondary N) is 1. The molecule has 0 bridgehead atoms. The highest BCUT2D eigenvalue weighted by molar-refractivity contribution is 5.74. The Labute approximate surface area is 163 Å². The Bertz CT molecular complexity index is 594. The standard InChI is InChI=1S/C21H34N4O2/c1-23(2)14-15-27-20-7-5-6-18(16-20)17-22-21(26)25-12-8-19(9-13-25)24-10-3-4-11-24/h5-7,16,19H,3-4,8-15,17H2,1-2H3,(H,22,26). The number of hydrogen-bond donors (Lipinski definition) is 1. The number of benzene rings is 1. The molecule has 0 saturated carbocycles. The third kappa shape index (κ3) is 6.11. The van der Waals surface area contributed by atoms with Gasteiger partial charge in [-0.25, -0.2) is 4.79 Å². The number of carbonyl (C=O) groups is 1. The number of likely N-dealkylation sites (tertiary alicyclic amines) is 2. The van der Waals surface area contributed by atoms with Gasteiger partial charge in [-0.1, -0.05) is 12.1 Å². The predicted molar refractivity (Wildman–Crippen MR) is 108 cm³/mol. The van der Waals surface area contributed by atoms with E-state index in [0.717, 1.165) is 43.8 Å². The van der Waals surface area contributed by atoms with Crippen molar-refractivity contribution in [1.29, 1.82) is 0 Å². The highest BCUT2D eigenvalue weighted by atomic mass is 16.5. The molecule has 1 aromatic rings. The topological polar surface area (TPSA) is 48.1 Å². The number of rotatable bonds is 7. The summed E-state index contributed by atoms with van der Waals surface area (Å²) in [5.74, 6) is 0.857. The molecule has 2 heterocycles. The average molecular weight is 375 g/mol. The van der Waals surface area contributed by atoms with Crippen LogP contribution in [0.15, 0.2) is 24.3 Å². The molecule has 2 aliphatic heterocycles. The lowest BCUT2D eigenvalue weighted by Crippen LogP contribution is -2.48. The van der Waals surface area contributed by atoms with Crippen LogP contribution in [0.4, 0.5) is 4.79 Å². The molecule has 0 aromatic heterocycles. The van der Waals surface area contributed by atoms with Gasteiger partial charge in [0.1, 0.15) is 12.4 Å². The Balaban J connectivity index is 1.40. The molecule has 1 N–H and O–H groups in total. The summed E-state index contributed by atoms with van der Waals surface area (Å²) < 4.78 is 5.77. The van der Waals surface area contributed by atoms with Crippen molar-refractivity contribution in [3.8, 4) is 5.75 Å². The van der Waals surface area contributed by atoms with Gasteiger partial charge in [0.15, 0.2) is 0 Å². The molecule has 2 amide bonds. The molecule has 0 aliphatic carbocycles. The van der Waals surface area contributed by atoms with E-state index >= 15 is 0 Å². The second-order valence-electron chi connectivity index (χ2n) is 7.92. The van der Waals surface area contributed by atoms with Gasteiger partial charge in [0.25, 0.3) is 0 Å². The normalized spacial score (nSPS) is 18.9. The second kappa shape index (κ2) is 9.95. The number of carbonyl (C=O) groups excluding carboxylic acids is 1. The lowest BCUT2D eigenvalue weighted by atomic mass is 10.0. The lowest BCUT2D eigenvalue weighted by molar-refractivity contribution is 0.134. The van der Waals surface area contributed by atoms with Crippen molar-refractivity contribution >= 4 is 6.03 Å². The summed E-state index contributed by atoms with van der Waals surface area (Å²) in [7, 11) is 4.06. The van der Waals surface area contributed by atoms with Gasteiger partial charge in [0.2, 0.25) is 0 Å². The van der Waals surface area contributed by atoms with Crippen LogP contribution in [0.25, 0.3) is 0 Å². The zero-order valence-electron chi connectivity index (χ0n) is 16.8. The van der Waals surface area contributed by atoms with Crippen molar-refractivity contribution < 1.29 is 9.53 Å². The minimum absolute atomic E-state index is 0.0498. The first-order chi connectivity index (χ1) is 13.1. The van der Waals surface area contributed by atoms with Gasteiger partial charge < -0.3 is 24.8 Å². The van der Waals surface area contributed by atoms with Crippen molar-refractivity contribution in [2.75, 3.05) is 53.4 Å². The number of hydrogen-bond acceptors (Lipinski definition) is 4. The number of amides is 2. The molecule has 1 aromatic carbocycles. The predicted octanol–water partition coefficient (Wildman–Crippen LogP) is 2.40. The fraction of sp³-hybridized carbons (Fsp3) is 0.667. The molecular weight excluding hydrogens is 340 g/mol. The number of likely N-dealkylation sites (N-methyl/N-ethyl adjacent to an activating group) is 1. The van der Waals surface area contributed by atoms with E-state index in [1.807, 2.05) is 43.3 Å². The average Bonchev–Trinajstić information content (AvgIpc) is 3.21. The van der Waals surface area contributed by atoms with Crippen LogP contribution < -0.4 is 10.1 Å². The molecule has 2 fully saturated rings. The van der Waals surface area contributed by atoms with Gasteiger partial charge in [0, 0.05) is 32.2 Å². The summed E-state index contributed by atoms with van der Waals surface area (Å²) in [6.45, 7) is 6.29. The quantitative estimate of drug-likeness (QED) is 0.796. The molecule has 150 valence electrons. The van der Waals surface area contributed by atoms with Crippen molar-refractivity contribution in [3.05, 3.63) is 29.8 Å². The summed E-state index contributed by atoms with van der Waals surface area (Å²) in [6, 6.07) is 8.70. The molecule has 0 unspecified atom stereocenters. The summed E-state index contributed by atoms with van der Waals surface area (Å²) in [5.41, 5.74) is 1.07. The maximum absolute atomic E-state index is 12.5. The highest BCUT2D eigenvalue weighted by Crippen LogP contribution is 2.21. The monoisotopic (exact) mass is 374 g/mol. The van der Waals surface area contributed by atoms with E-state index in [0.29, 0.717) is 19.2 Å². The third-order valence-corrected chi connectivity index (χ3v) is 5.56. The minimum atomic E-state index is 0.0498. The van der Waals surface area contributed by atoms with Gasteiger partial charge in [0.05, 0.1) is 0 Å². The van der Waals surface area contributed by atoms with Gasteiger partial charge in [-0.3, -0.25) is 0 Å². The van der Waals surface area contributed by atoms with Crippen LogP contribution >= 0.6 is 0 Å². The van der Waals surface area contributed by atoms with Crippen LogP contribution in [0.5, 0.6) is 5.75 Å². The SMILES string of the molecule is CN(C)CCOc1cccc(CNC(=O)N2CCC(N3CCCC3)CC2)c1. The molecule has 6 heteroatoms. The third-order valence-electron chi connectivity index (χ3n) is 5.56. The number of nitrogens with zero attached hydrogens (tertiary/aromatic N) is 3. The molecule has 0 atom stereocenters.